The summed E-state index contributed by atoms with van der Waals surface area (Å²) >= 11 is 0. The molecule has 0 amide bonds. The standard InChI is InChI=1S/C15H13F4O4P/c1-21-14(16,17)15(18,19)24(20,22-12-8-4-2-5-9-12)23-13-10-6-3-7-11-13/h2-11H,1H3. The normalized spacial score (nSPS) is 12.7. The Balaban J connectivity index is 2.46. The second-order valence-corrected chi connectivity index (χ2v) is 6.49. The van der Waals surface area contributed by atoms with Crippen molar-refractivity contribution in [1.29, 1.82) is 0 Å². The summed E-state index contributed by atoms with van der Waals surface area (Å²) in [5.41, 5.74) is -5.24. The average molecular weight is 364 g/mol. The van der Waals surface area contributed by atoms with Crippen molar-refractivity contribution in [3.05, 3.63) is 60.7 Å². The number of hydrogen-bond acceptors (Lipinski definition) is 4. The first-order valence-corrected chi connectivity index (χ1v) is 8.16. The Labute approximate surface area is 135 Å². The molecule has 0 fully saturated rings. The van der Waals surface area contributed by atoms with E-state index in [1.54, 1.807) is 0 Å². The molecule has 0 aliphatic heterocycles. The predicted octanol–water partition coefficient (Wildman–Crippen LogP) is 5.17. The van der Waals surface area contributed by atoms with Crippen LogP contribution in [0.25, 0.3) is 0 Å². The van der Waals surface area contributed by atoms with Crippen LogP contribution in [0.15, 0.2) is 60.7 Å². The van der Waals surface area contributed by atoms with Gasteiger partial charge in [0.25, 0.3) is 0 Å². The fourth-order valence-corrected chi connectivity index (χ4v) is 3.13. The molecule has 130 valence electrons. The van der Waals surface area contributed by atoms with Gasteiger partial charge in [-0.1, -0.05) is 36.4 Å². The van der Waals surface area contributed by atoms with Gasteiger partial charge < -0.3 is 13.8 Å². The smallest absolute Gasteiger partial charge is 0.412 e. The van der Waals surface area contributed by atoms with E-state index < -0.39 is 19.4 Å². The zero-order chi connectivity index (χ0) is 17.8. The summed E-state index contributed by atoms with van der Waals surface area (Å²) < 4.78 is 81.0. The number of para-hydroxylation sites is 2. The molecule has 0 bridgehead atoms. The lowest BCUT2D eigenvalue weighted by Crippen LogP contribution is -2.44. The molecule has 2 aromatic rings. The Kier molecular flexibility index (Phi) is 5.20. The molecule has 0 saturated heterocycles. The minimum Gasteiger partial charge on any atom is -0.412 e. The van der Waals surface area contributed by atoms with Crippen LogP contribution in [0.4, 0.5) is 17.6 Å². The predicted molar refractivity (Wildman–Crippen MR) is 78.6 cm³/mol. The Morgan fingerprint density at radius 3 is 1.50 bits per heavy atom. The average Bonchev–Trinajstić information content (AvgIpc) is 2.56. The van der Waals surface area contributed by atoms with Crippen molar-refractivity contribution < 1.29 is 35.9 Å². The molecule has 2 rings (SSSR count). The van der Waals surface area contributed by atoms with Crippen LogP contribution in [-0.2, 0) is 9.30 Å². The fourth-order valence-electron chi connectivity index (χ4n) is 1.66. The van der Waals surface area contributed by atoms with E-state index in [1.807, 2.05) is 0 Å². The third-order valence-corrected chi connectivity index (χ3v) is 4.74. The van der Waals surface area contributed by atoms with E-state index in [9.17, 15) is 22.1 Å². The largest absolute Gasteiger partial charge is 0.509 e. The third kappa shape index (κ3) is 3.55. The molecule has 0 aliphatic rings. The van der Waals surface area contributed by atoms with Crippen LogP contribution in [0.2, 0.25) is 0 Å². The van der Waals surface area contributed by atoms with Gasteiger partial charge in [0.15, 0.2) is 0 Å². The van der Waals surface area contributed by atoms with Gasteiger partial charge in [-0.05, 0) is 24.3 Å². The summed E-state index contributed by atoms with van der Waals surface area (Å²) in [5, 5.41) is 0. The second kappa shape index (κ2) is 6.83. The summed E-state index contributed by atoms with van der Waals surface area (Å²) in [5.74, 6) is -0.633. The van der Waals surface area contributed by atoms with E-state index >= 15 is 0 Å². The van der Waals surface area contributed by atoms with Crippen LogP contribution < -0.4 is 9.05 Å². The van der Waals surface area contributed by atoms with E-state index in [0.717, 1.165) is 0 Å². The maximum atomic E-state index is 14.2. The highest BCUT2D eigenvalue weighted by Gasteiger charge is 2.74. The van der Waals surface area contributed by atoms with E-state index in [2.05, 4.69) is 13.8 Å². The molecule has 4 nitrogen and oxygen atoms in total. The minimum atomic E-state index is -5.71. The monoisotopic (exact) mass is 364 g/mol. The van der Waals surface area contributed by atoms with Crippen LogP contribution in [0, 0.1) is 0 Å². The molecule has 0 radical (unpaired) electrons. The molecule has 0 aliphatic carbocycles. The van der Waals surface area contributed by atoms with E-state index in [1.165, 1.54) is 60.7 Å². The van der Waals surface area contributed by atoms with Gasteiger partial charge in [0, 0.05) is 7.11 Å². The number of benzene rings is 2. The van der Waals surface area contributed by atoms with Gasteiger partial charge in [-0.2, -0.15) is 17.6 Å². The third-order valence-electron chi connectivity index (χ3n) is 2.89. The molecule has 0 heterocycles. The number of halogens is 4. The lowest BCUT2D eigenvalue weighted by Gasteiger charge is -2.30. The molecule has 9 heteroatoms. The summed E-state index contributed by atoms with van der Waals surface area (Å²) in [6.07, 6.45) is -5.06. The highest BCUT2D eigenvalue weighted by Crippen LogP contribution is 2.66. The van der Waals surface area contributed by atoms with Crippen molar-refractivity contribution in [3.63, 3.8) is 0 Å². The van der Waals surface area contributed by atoms with Gasteiger partial charge in [-0.25, -0.2) is 4.57 Å². The van der Waals surface area contributed by atoms with Gasteiger partial charge >= 0.3 is 19.4 Å². The van der Waals surface area contributed by atoms with Crippen molar-refractivity contribution >= 4 is 7.60 Å². The van der Waals surface area contributed by atoms with Gasteiger partial charge in [0.05, 0.1) is 0 Å². The summed E-state index contributed by atoms with van der Waals surface area (Å²) in [6.45, 7) is 0. The van der Waals surface area contributed by atoms with Crippen LogP contribution in [0.3, 0.4) is 0 Å². The topological polar surface area (TPSA) is 44.8 Å². The first kappa shape index (κ1) is 18.3. The highest BCUT2D eigenvalue weighted by atomic mass is 31.2. The minimum absolute atomic E-state index is 0.316. The molecule has 0 atom stereocenters. The van der Waals surface area contributed by atoms with E-state index in [4.69, 9.17) is 0 Å². The summed E-state index contributed by atoms with van der Waals surface area (Å²) in [4.78, 5) is 0. The Morgan fingerprint density at radius 1 is 0.792 bits per heavy atom. The van der Waals surface area contributed by atoms with Crippen LogP contribution in [0.1, 0.15) is 0 Å². The SMILES string of the molecule is COC(F)(F)C(F)(F)P(=O)(Oc1ccccc1)Oc1ccccc1. The first-order chi connectivity index (χ1) is 11.2. The quantitative estimate of drug-likeness (QED) is 0.502. The number of alkyl halides is 4. The number of ether oxygens (including phenoxy) is 1. The molecular formula is C15H13F4O4P. The fraction of sp³-hybridized carbons (Fsp3) is 0.200. The lowest BCUT2D eigenvalue weighted by molar-refractivity contribution is -0.309. The Morgan fingerprint density at radius 2 is 1.17 bits per heavy atom. The Hall–Kier alpha value is -2.05. The summed E-state index contributed by atoms with van der Waals surface area (Å²) in [7, 11) is -5.35. The maximum absolute atomic E-state index is 14.2. The van der Waals surface area contributed by atoms with E-state index in [-0.39, 0.29) is 11.5 Å². The van der Waals surface area contributed by atoms with Crippen molar-refractivity contribution in [2.75, 3.05) is 7.11 Å². The molecule has 0 N–H and O–H groups in total. The zero-order valence-electron chi connectivity index (χ0n) is 12.4. The van der Waals surface area contributed by atoms with Crippen molar-refractivity contribution in [2.45, 2.75) is 11.8 Å². The van der Waals surface area contributed by atoms with Gasteiger partial charge in [-0.15, -0.1) is 0 Å². The van der Waals surface area contributed by atoms with Crippen molar-refractivity contribution in [2.24, 2.45) is 0 Å². The molecule has 0 spiro atoms. The molecule has 0 aromatic heterocycles. The first-order valence-electron chi connectivity index (χ1n) is 6.62. The van der Waals surface area contributed by atoms with Gasteiger partial charge in [0.1, 0.15) is 11.5 Å². The second-order valence-electron chi connectivity index (χ2n) is 4.57. The zero-order valence-corrected chi connectivity index (χ0v) is 13.3. The van der Waals surface area contributed by atoms with E-state index in [0.29, 0.717) is 7.11 Å². The number of rotatable bonds is 7. The highest BCUT2D eigenvalue weighted by molar-refractivity contribution is 7.56. The van der Waals surface area contributed by atoms with Crippen LogP contribution in [0.5, 0.6) is 11.5 Å². The maximum Gasteiger partial charge on any atom is 0.509 e. The van der Waals surface area contributed by atoms with Crippen molar-refractivity contribution in [1.82, 2.24) is 0 Å². The molecule has 2 aromatic carbocycles. The molecule has 24 heavy (non-hydrogen) atoms. The summed E-state index contributed by atoms with van der Waals surface area (Å²) in [6, 6.07) is 13.4. The number of methoxy groups -OCH3 is 1. The van der Waals surface area contributed by atoms with Crippen LogP contribution in [-0.4, -0.2) is 18.9 Å². The van der Waals surface area contributed by atoms with Gasteiger partial charge in [0.2, 0.25) is 0 Å². The van der Waals surface area contributed by atoms with Crippen LogP contribution >= 0.6 is 7.60 Å². The number of hydrogen-bond donors (Lipinski definition) is 0. The van der Waals surface area contributed by atoms with Crippen molar-refractivity contribution in [3.8, 4) is 11.5 Å². The Bertz CT molecular complexity index is 664. The molecule has 0 unspecified atom stereocenters. The van der Waals surface area contributed by atoms with Gasteiger partial charge in [-0.3, -0.25) is 0 Å². The molecule has 0 saturated carbocycles. The molecular weight excluding hydrogens is 351 g/mol. The lowest BCUT2D eigenvalue weighted by atomic mass is 10.3.